The highest BCUT2D eigenvalue weighted by molar-refractivity contribution is 6.03. The van der Waals surface area contributed by atoms with Gasteiger partial charge in [-0.05, 0) is 36.4 Å². The molecule has 0 saturated heterocycles. The number of urea groups is 1. The lowest BCUT2D eigenvalue weighted by Gasteiger charge is -2.28. The molecule has 0 aliphatic carbocycles. The van der Waals surface area contributed by atoms with Crippen LogP contribution in [0.25, 0.3) is 0 Å². The monoisotopic (exact) mass is 347 g/mol. The van der Waals surface area contributed by atoms with Crippen molar-refractivity contribution in [2.75, 3.05) is 23.4 Å². The molecule has 1 aliphatic heterocycles. The minimum Gasteiger partial charge on any atom is -0.488 e. The number of aromatic nitrogens is 1. The molecule has 0 spiro atoms. The van der Waals surface area contributed by atoms with E-state index >= 15 is 0 Å². The van der Waals surface area contributed by atoms with Crippen molar-refractivity contribution in [1.82, 2.24) is 4.98 Å². The maximum atomic E-state index is 12.8. The van der Waals surface area contributed by atoms with Crippen LogP contribution < -0.4 is 19.7 Å². The molecule has 3 aromatic rings. The van der Waals surface area contributed by atoms with Crippen molar-refractivity contribution in [2.24, 2.45) is 0 Å². The molecule has 6 nitrogen and oxygen atoms in total. The highest BCUT2D eigenvalue weighted by Gasteiger charge is 2.25. The molecule has 1 N–H and O–H groups in total. The van der Waals surface area contributed by atoms with Gasteiger partial charge in [0.05, 0.1) is 12.2 Å². The van der Waals surface area contributed by atoms with Gasteiger partial charge in [-0.1, -0.05) is 30.3 Å². The van der Waals surface area contributed by atoms with Crippen molar-refractivity contribution < 1.29 is 14.3 Å². The SMILES string of the molecule is O=C(Nc1ccccc1Oc1ccccc1)N1CCOc2cccnc21. The third-order valence-electron chi connectivity index (χ3n) is 3.92. The van der Waals surface area contributed by atoms with Crippen molar-refractivity contribution in [1.29, 1.82) is 0 Å². The minimum absolute atomic E-state index is 0.280. The Labute approximate surface area is 151 Å². The zero-order chi connectivity index (χ0) is 17.8. The Hall–Kier alpha value is -3.54. The second-order valence-corrected chi connectivity index (χ2v) is 5.67. The van der Waals surface area contributed by atoms with Crippen LogP contribution in [0.15, 0.2) is 72.9 Å². The van der Waals surface area contributed by atoms with E-state index in [1.54, 1.807) is 29.3 Å². The first-order chi connectivity index (χ1) is 12.8. The number of pyridine rings is 1. The van der Waals surface area contributed by atoms with Crippen molar-refractivity contribution in [3.8, 4) is 17.2 Å². The van der Waals surface area contributed by atoms with Crippen molar-refractivity contribution >= 4 is 17.5 Å². The Morgan fingerprint density at radius 2 is 1.85 bits per heavy atom. The standard InChI is InChI=1S/C20H17N3O3/c24-20(23-13-14-25-18-11-6-12-21-19(18)23)22-16-9-4-5-10-17(16)26-15-7-2-1-3-8-15/h1-12H,13-14H2,(H,22,24). The highest BCUT2D eigenvalue weighted by Crippen LogP contribution is 2.32. The van der Waals surface area contributed by atoms with Crippen LogP contribution >= 0.6 is 0 Å². The average Bonchev–Trinajstić information content (AvgIpc) is 2.70. The largest absolute Gasteiger partial charge is 0.488 e. The van der Waals surface area contributed by atoms with Crippen LogP contribution in [-0.4, -0.2) is 24.2 Å². The molecule has 130 valence electrons. The second-order valence-electron chi connectivity index (χ2n) is 5.67. The number of rotatable bonds is 3. The van der Waals surface area contributed by atoms with Crippen LogP contribution in [0, 0.1) is 0 Å². The molecule has 2 heterocycles. The lowest BCUT2D eigenvalue weighted by atomic mass is 10.3. The Morgan fingerprint density at radius 3 is 2.73 bits per heavy atom. The zero-order valence-electron chi connectivity index (χ0n) is 14.0. The van der Waals surface area contributed by atoms with Gasteiger partial charge < -0.3 is 14.8 Å². The van der Waals surface area contributed by atoms with Crippen molar-refractivity contribution in [3.05, 3.63) is 72.9 Å². The van der Waals surface area contributed by atoms with Crippen molar-refractivity contribution in [3.63, 3.8) is 0 Å². The van der Waals surface area contributed by atoms with E-state index in [2.05, 4.69) is 10.3 Å². The molecular formula is C20H17N3O3. The predicted molar refractivity (Wildman–Crippen MR) is 99.1 cm³/mol. The third-order valence-corrected chi connectivity index (χ3v) is 3.92. The molecule has 4 rings (SSSR count). The number of carbonyl (C=O) groups is 1. The number of benzene rings is 2. The fraction of sp³-hybridized carbons (Fsp3) is 0.100. The summed E-state index contributed by atoms with van der Waals surface area (Å²) in [5.74, 6) is 2.38. The number of carbonyl (C=O) groups excluding carboxylic acids is 1. The molecule has 0 bridgehead atoms. The Morgan fingerprint density at radius 1 is 1.04 bits per heavy atom. The first kappa shape index (κ1) is 16.0. The molecular weight excluding hydrogens is 330 g/mol. The summed E-state index contributed by atoms with van der Waals surface area (Å²) in [4.78, 5) is 18.6. The number of amides is 2. The van der Waals surface area contributed by atoms with Gasteiger partial charge in [0.15, 0.2) is 17.3 Å². The average molecular weight is 347 g/mol. The summed E-state index contributed by atoms with van der Waals surface area (Å²) in [6.45, 7) is 0.853. The summed E-state index contributed by atoms with van der Waals surface area (Å²) in [6, 6.07) is 20.1. The maximum Gasteiger partial charge on any atom is 0.327 e. The van der Waals surface area contributed by atoms with E-state index in [1.165, 1.54) is 0 Å². The summed E-state index contributed by atoms with van der Waals surface area (Å²) in [7, 11) is 0. The van der Waals surface area contributed by atoms with E-state index in [1.807, 2.05) is 48.5 Å². The van der Waals surface area contributed by atoms with Crippen LogP contribution in [0.1, 0.15) is 0 Å². The van der Waals surface area contributed by atoms with E-state index in [0.717, 1.165) is 0 Å². The van der Waals surface area contributed by atoms with E-state index < -0.39 is 0 Å². The molecule has 26 heavy (non-hydrogen) atoms. The molecule has 1 aromatic heterocycles. The molecule has 0 atom stereocenters. The fourth-order valence-electron chi connectivity index (χ4n) is 2.71. The number of hydrogen-bond donors (Lipinski definition) is 1. The molecule has 0 saturated carbocycles. The summed E-state index contributed by atoms with van der Waals surface area (Å²) >= 11 is 0. The molecule has 1 aliphatic rings. The molecule has 2 amide bonds. The number of para-hydroxylation sites is 3. The first-order valence-electron chi connectivity index (χ1n) is 8.29. The Kier molecular flexibility index (Phi) is 4.38. The van der Waals surface area contributed by atoms with Gasteiger partial charge in [0, 0.05) is 6.20 Å². The lowest BCUT2D eigenvalue weighted by Crippen LogP contribution is -2.41. The van der Waals surface area contributed by atoms with E-state index in [-0.39, 0.29) is 6.03 Å². The topological polar surface area (TPSA) is 63.7 Å². The zero-order valence-corrected chi connectivity index (χ0v) is 14.0. The Balaban J connectivity index is 1.56. The van der Waals surface area contributed by atoms with Crippen LogP contribution in [0.5, 0.6) is 17.2 Å². The van der Waals surface area contributed by atoms with Crippen LogP contribution in [0.3, 0.4) is 0 Å². The van der Waals surface area contributed by atoms with Gasteiger partial charge in [0.25, 0.3) is 0 Å². The van der Waals surface area contributed by atoms with Gasteiger partial charge in [-0.3, -0.25) is 4.90 Å². The minimum atomic E-state index is -0.280. The van der Waals surface area contributed by atoms with E-state index in [9.17, 15) is 4.79 Å². The summed E-state index contributed by atoms with van der Waals surface area (Å²) in [5.41, 5.74) is 0.588. The molecule has 2 aromatic carbocycles. The molecule has 0 fully saturated rings. The van der Waals surface area contributed by atoms with Gasteiger partial charge in [-0.2, -0.15) is 0 Å². The van der Waals surface area contributed by atoms with Crippen LogP contribution in [-0.2, 0) is 0 Å². The number of ether oxygens (including phenoxy) is 2. The molecule has 0 radical (unpaired) electrons. The number of nitrogens with zero attached hydrogens (tertiary/aromatic N) is 2. The summed E-state index contributed by atoms with van der Waals surface area (Å²) < 4.78 is 11.4. The number of hydrogen-bond acceptors (Lipinski definition) is 4. The number of fused-ring (bicyclic) bond motifs is 1. The van der Waals surface area contributed by atoms with Crippen molar-refractivity contribution in [2.45, 2.75) is 0 Å². The quantitative estimate of drug-likeness (QED) is 0.767. The Bertz CT molecular complexity index is 915. The second kappa shape index (κ2) is 7.14. The van der Waals surface area contributed by atoms with E-state index in [4.69, 9.17) is 9.47 Å². The van der Waals surface area contributed by atoms with Gasteiger partial charge in [-0.15, -0.1) is 0 Å². The third kappa shape index (κ3) is 3.30. The number of nitrogens with one attached hydrogen (secondary N) is 1. The fourth-order valence-corrected chi connectivity index (χ4v) is 2.71. The maximum absolute atomic E-state index is 12.8. The summed E-state index contributed by atoms with van der Waals surface area (Å²) in [6.07, 6.45) is 1.64. The smallest absolute Gasteiger partial charge is 0.327 e. The normalized spacial score (nSPS) is 12.7. The van der Waals surface area contributed by atoms with E-state index in [0.29, 0.717) is 41.9 Å². The lowest BCUT2D eigenvalue weighted by molar-refractivity contribution is 0.249. The van der Waals surface area contributed by atoms with Gasteiger partial charge in [0.1, 0.15) is 12.4 Å². The van der Waals surface area contributed by atoms with Gasteiger partial charge in [-0.25, -0.2) is 9.78 Å². The van der Waals surface area contributed by atoms with Crippen LogP contribution in [0.4, 0.5) is 16.3 Å². The highest BCUT2D eigenvalue weighted by atomic mass is 16.5. The summed E-state index contributed by atoms with van der Waals surface area (Å²) in [5, 5.41) is 2.91. The molecule has 0 unspecified atom stereocenters. The van der Waals surface area contributed by atoms with Gasteiger partial charge in [0.2, 0.25) is 0 Å². The predicted octanol–water partition coefficient (Wildman–Crippen LogP) is 4.30. The van der Waals surface area contributed by atoms with Crippen LogP contribution in [0.2, 0.25) is 0 Å². The molecule has 6 heteroatoms. The first-order valence-corrected chi connectivity index (χ1v) is 8.29. The number of anilines is 2. The van der Waals surface area contributed by atoms with Gasteiger partial charge >= 0.3 is 6.03 Å².